The van der Waals surface area contributed by atoms with Gasteiger partial charge in [0.15, 0.2) is 23.9 Å². The largest absolute Gasteiger partial charge is 0.710 e. The SMILES string of the molecule is CNC(=O)COc1cc2cc(Nc3nc(N4CCN(CC5CCN(c6cccc(C(=O)NC7CCC(=O)NC7=O)[n+]6[O-])CC5)CC4)ncc3Cl)ccc2n(C(C)C)c1=O. The number of anilines is 4. The first-order chi connectivity index (χ1) is 28.4. The van der Waals surface area contributed by atoms with E-state index in [9.17, 15) is 29.2 Å². The number of piperazine rings is 1. The standard InChI is InChI=1S/C40H48ClN11O7/c1-24(2)51-30-9-7-27(19-26(30)20-32(39(51)57)59-23-34(54)42-3)44-36-28(41)21-43-40(47-36)50-17-15-48(16-18-50)22-25-11-13-49(14-12-25)35-6-4-5-31(52(35)58)38(56)45-29-8-10-33(53)46-37(29)55/h4-7,9,19-21,24-25,29H,8,10-18,22-23H2,1-3H3,(H,42,54)(H,45,56)(H,43,44,47)(H,46,53,55). The second-order valence-electron chi connectivity index (χ2n) is 15.3. The summed E-state index contributed by atoms with van der Waals surface area (Å²) >= 11 is 6.58. The van der Waals surface area contributed by atoms with E-state index in [1.54, 1.807) is 29.0 Å². The van der Waals surface area contributed by atoms with Crippen LogP contribution in [0.5, 0.6) is 5.75 Å². The van der Waals surface area contributed by atoms with Gasteiger partial charge >= 0.3 is 0 Å². The molecule has 7 rings (SSSR count). The van der Waals surface area contributed by atoms with E-state index in [4.69, 9.17) is 21.3 Å². The number of nitrogens with one attached hydrogen (secondary N) is 4. The van der Waals surface area contributed by atoms with Gasteiger partial charge in [0.1, 0.15) is 11.1 Å². The summed E-state index contributed by atoms with van der Waals surface area (Å²) < 4.78 is 7.86. The average Bonchev–Trinajstić information content (AvgIpc) is 3.22. The Morgan fingerprint density at radius 1 is 1.02 bits per heavy atom. The number of hydrogen-bond donors (Lipinski definition) is 4. The van der Waals surface area contributed by atoms with Gasteiger partial charge in [0, 0.05) is 69.4 Å². The van der Waals surface area contributed by atoms with Crippen molar-refractivity contribution in [2.45, 2.75) is 51.6 Å². The lowest BCUT2D eigenvalue weighted by molar-refractivity contribution is -0.594. The number of carbonyl (C=O) groups excluding carboxylic acids is 4. The number of fused-ring (bicyclic) bond motifs is 1. The highest BCUT2D eigenvalue weighted by Crippen LogP contribution is 2.29. The summed E-state index contributed by atoms with van der Waals surface area (Å²) in [6.45, 7) is 8.91. The molecule has 0 saturated carbocycles. The van der Waals surface area contributed by atoms with Crippen LogP contribution in [-0.2, 0) is 14.4 Å². The molecule has 0 bridgehead atoms. The topological polar surface area (TPSA) is 210 Å². The number of likely N-dealkylation sites (N-methyl/N-ethyl adjacent to an activating group) is 1. The summed E-state index contributed by atoms with van der Waals surface area (Å²) in [5.41, 5.74) is 0.992. The van der Waals surface area contributed by atoms with Crippen LogP contribution in [0.1, 0.15) is 56.1 Å². The Morgan fingerprint density at radius 2 is 1.78 bits per heavy atom. The molecular weight excluding hydrogens is 782 g/mol. The van der Waals surface area contributed by atoms with Crippen molar-refractivity contribution >= 4 is 69.4 Å². The maximum Gasteiger partial charge on any atom is 0.293 e. The molecule has 312 valence electrons. The molecule has 3 aliphatic heterocycles. The summed E-state index contributed by atoms with van der Waals surface area (Å²) in [4.78, 5) is 77.5. The molecule has 1 unspecified atom stereocenters. The molecule has 0 radical (unpaired) electrons. The van der Waals surface area contributed by atoms with Gasteiger partial charge in [-0.05, 0) is 75.4 Å². The van der Waals surface area contributed by atoms with Crippen LogP contribution < -0.4 is 46.1 Å². The first kappa shape index (κ1) is 41.2. The van der Waals surface area contributed by atoms with Crippen LogP contribution in [0.3, 0.4) is 0 Å². The summed E-state index contributed by atoms with van der Waals surface area (Å²) in [7, 11) is 1.50. The van der Waals surface area contributed by atoms with E-state index in [0.717, 1.165) is 56.5 Å². The van der Waals surface area contributed by atoms with Crippen molar-refractivity contribution < 1.29 is 28.6 Å². The molecule has 4 amide bonds. The molecule has 3 aromatic heterocycles. The second kappa shape index (κ2) is 17.9. The first-order valence-electron chi connectivity index (χ1n) is 19.8. The van der Waals surface area contributed by atoms with E-state index in [1.807, 2.05) is 36.9 Å². The maximum absolute atomic E-state index is 13.3. The number of aromatic nitrogens is 4. The smallest absolute Gasteiger partial charge is 0.293 e. The molecule has 19 heteroatoms. The second-order valence-corrected chi connectivity index (χ2v) is 15.7. The predicted octanol–water partition coefficient (Wildman–Crippen LogP) is 2.10. The molecule has 1 aromatic carbocycles. The minimum Gasteiger partial charge on any atom is -0.710 e. The number of ether oxygens (including phenoxy) is 1. The fraction of sp³-hybridized carbons (Fsp3) is 0.450. The van der Waals surface area contributed by atoms with Crippen molar-refractivity contribution in [1.82, 2.24) is 35.4 Å². The average molecular weight is 830 g/mol. The van der Waals surface area contributed by atoms with Crippen molar-refractivity contribution in [3.05, 3.63) is 74.9 Å². The summed E-state index contributed by atoms with van der Waals surface area (Å²) in [5.74, 6) is -0.0457. The Balaban J connectivity index is 0.929. The molecule has 59 heavy (non-hydrogen) atoms. The number of halogens is 1. The minimum absolute atomic E-state index is 0.0789. The summed E-state index contributed by atoms with van der Waals surface area (Å²) in [6.07, 6.45) is 3.66. The number of pyridine rings is 2. The van der Waals surface area contributed by atoms with E-state index < -0.39 is 17.9 Å². The van der Waals surface area contributed by atoms with Gasteiger partial charge in [0.2, 0.25) is 17.8 Å². The van der Waals surface area contributed by atoms with Gasteiger partial charge in [-0.1, -0.05) is 11.6 Å². The molecule has 4 N–H and O–H groups in total. The fourth-order valence-electron chi connectivity index (χ4n) is 7.75. The van der Waals surface area contributed by atoms with Gasteiger partial charge in [0.05, 0.1) is 24.8 Å². The molecule has 3 aliphatic rings. The number of hydrogen-bond acceptors (Lipinski definition) is 13. The van der Waals surface area contributed by atoms with Crippen LogP contribution in [0.4, 0.5) is 23.3 Å². The summed E-state index contributed by atoms with van der Waals surface area (Å²) in [5, 5.41) is 25.0. The molecule has 4 aromatic rings. The van der Waals surface area contributed by atoms with Gasteiger partial charge in [-0.3, -0.25) is 39.1 Å². The van der Waals surface area contributed by atoms with E-state index >= 15 is 0 Å². The van der Waals surface area contributed by atoms with Crippen LogP contribution in [0.2, 0.25) is 5.02 Å². The Morgan fingerprint density at radius 3 is 2.49 bits per heavy atom. The highest BCUT2D eigenvalue weighted by molar-refractivity contribution is 6.33. The van der Waals surface area contributed by atoms with Crippen LogP contribution >= 0.6 is 11.6 Å². The monoisotopic (exact) mass is 829 g/mol. The molecule has 18 nitrogen and oxygen atoms in total. The lowest BCUT2D eigenvalue weighted by Gasteiger charge is -2.38. The van der Waals surface area contributed by atoms with E-state index in [1.165, 1.54) is 13.1 Å². The minimum atomic E-state index is -0.869. The molecule has 0 aliphatic carbocycles. The van der Waals surface area contributed by atoms with Crippen LogP contribution in [0.25, 0.3) is 10.9 Å². The van der Waals surface area contributed by atoms with Crippen molar-refractivity contribution in [3.8, 4) is 5.75 Å². The maximum atomic E-state index is 13.3. The van der Waals surface area contributed by atoms with E-state index in [0.29, 0.717) is 52.0 Å². The quantitative estimate of drug-likeness (QED) is 0.0918. The zero-order valence-corrected chi connectivity index (χ0v) is 34.0. The molecule has 0 spiro atoms. The first-order valence-corrected chi connectivity index (χ1v) is 20.2. The van der Waals surface area contributed by atoms with Crippen molar-refractivity contribution in [2.24, 2.45) is 5.92 Å². The number of imide groups is 1. The Kier molecular flexibility index (Phi) is 12.5. The van der Waals surface area contributed by atoms with Gasteiger partial charge in [-0.15, -0.1) is 0 Å². The van der Waals surface area contributed by atoms with Crippen LogP contribution in [-0.4, -0.2) is 109 Å². The van der Waals surface area contributed by atoms with Gasteiger partial charge in [-0.2, -0.15) is 4.98 Å². The Bertz CT molecular complexity index is 2310. The van der Waals surface area contributed by atoms with Crippen LogP contribution in [0, 0.1) is 11.1 Å². The third-order valence-electron chi connectivity index (χ3n) is 11.0. The highest BCUT2D eigenvalue weighted by atomic mass is 35.5. The predicted molar refractivity (Wildman–Crippen MR) is 221 cm³/mol. The molecule has 6 heterocycles. The van der Waals surface area contributed by atoms with E-state index in [2.05, 4.69) is 36.1 Å². The zero-order valence-electron chi connectivity index (χ0n) is 33.2. The van der Waals surface area contributed by atoms with Crippen LogP contribution in [0.15, 0.2) is 53.5 Å². The third-order valence-corrected chi connectivity index (χ3v) is 11.2. The van der Waals surface area contributed by atoms with Gasteiger partial charge in [-0.25, -0.2) is 9.71 Å². The van der Waals surface area contributed by atoms with Gasteiger partial charge in [0.25, 0.3) is 23.2 Å². The van der Waals surface area contributed by atoms with E-state index in [-0.39, 0.29) is 54.3 Å². The van der Waals surface area contributed by atoms with Crippen molar-refractivity contribution in [2.75, 3.05) is 74.6 Å². The molecule has 1 atom stereocenters. The number of piperidine rings is 2. The number of nitrogens with zero attached hydrogens (tertiary/aromatic N) is 7. The normalized spacial score (nSPS) is 17.9. The summed E-state index contributed by atoms with van der Waals surface area (Å²) in [6, 6.07) is 11.0. The number of benzene rings is 1. The van der Waals surface area contributed by atoms with Crippen molar-refractivity contribution in [1.29, 1.82) is 0 Å². The third kappa shape index (κ3) is 9.33. The Labute approximate surface area is 345 Å². The molecular formula is C40H48ClN11O7. The number of rotatable bonds is 12. The lowest BCUT2D eigenvalue weighted by Crippen LogP contribution is -2.54. The van der Waals surface area contributed by atoms with Crippen molar-refractivity contribution in [3.63, 3.8) is 0 Å². The number of carbonyl (C=O) groups is 4. The number of amides is 4. The zero-order chi connectivity index (χ0) is 41.8. The Hall–Kier alpha value is -6.01. The van der Waals surface area contributed by atoms with Gasteiger partial charge < -0.3 is 35.4 Å². The lowest BCUT2D eigenvalue weighted by atomic mass is 9.96. The highest BCUT2D eigenvalue weighted by Gasteiger charge is 2.32. The molecule has 3 fully saturated rings. The molecule has 3 saturated heterocycles. The fourth-order valence-corrected chi connectivity index (χ4v) is 7.89.